The molecule has 4 nitrogen and oxygen atoms in total. The van der Waals surface area contributed by atoms with Crippen molar-refractivity contribution in [3.8, 4) is 5.75 Å². The molecule has 1 N–H and O–H groups in total. The predicted octanol–water partition coefficient (Wildman–Crippen LogP) is 3.08. The molecule has 0 unspecified atom stereocenters. The van der Waals surface area contributed by atoms with E-state index >= 15 is 0 Å². The Labute approximate surface area is 135 Å². The summed E-state index contributed by atoms with van der Waals surface area (Å²) in [4.78, 5) is 0.128. The first-order chi connectivity index (χ1) is 10.4. The zero-order valence-corrected chi connectivity index (χ0v) is 13.6. The van der Waals surface area contributed by atoms with Gasteiger partial charge in [0.05, 0.1) is 4.90 Å². The minimum atomic E-state index is -3.63. The number of hydrogen-bond donors (Lipinski definition) is 1. The number of rotatable bonds is 6. The van der Waals surface area contributed by atoms with E-state index in [0.29, 0.717) is 0 Å². The Hall–Kier alpha value is -1.51. The lowest BCUT2D eigenvalue weighted by molar-refractivity contribution is 0.319. The van der Waals surface area contributed by atoms with E-state index in [-0.39, 0.29) is 23.8 Å². The molecule has 2 aromatic rings. The van der Waals surface area contributed by atoms with Gasteiger partial charge in [-0.2, -0.15) is 0 Å². The van der Waals surface area contributed by atoms with Gasteiger partial charge < -0.3 is 4.74 Å². The summed E-state index contributed by atoms with van der Waals surface area (Å²) in [7, 11) is -3.63. The van der Waals surface area contributed by atoms with E-state index in [1.807, 2.05) is 0 Å². The maximum Gasteiger partial charge on any atom is 0.240 e. The first-order valence-corrected chi connectivity index (χ1v) is 8.49. The molecule has 0 aromatic heterocycles. The molecule has 0 saturated carbocycles. The molecule has 0 amide bonds. The number of sulfonamides is 1. The first-order valence-electron chi connectivity index (χ1n) is 6.21. The van der Waals surface area contributed by atoms with Crippen LogP contribution in [-0.2, 0) is 10.0 Å². The quantitative estimate of drug-likeness (QED) is 0.769. The van der Waals surface area contributed by atoms with Crippen LogP contribution in [0.4, 0.5) is 8.78 Å². The largest absolute Gasteiger partial charge is 0.492 e. The van der Waals surface area contributed by atoms with E-state index in [4.69, 9.17) is 4.74 Å². The van der Waals surface area contributed by atoms with Crippen LogP contribution in [0.1, 0.15) is 0 Å². The van der Waals surface area contributed by atoms with Gasteiger partial charge in [-0.3, -0.25) is 0 Å². The Morgan fingerprint density at radius 3 is 2.36 bits per heavy atom. The van der Waals surface area contributed by atoms with E-state index in [1.165, 1.54) is 18.2 Å². The van der Waals surface area contributed by atoms with Gasteiger partial charge >= 0.3 is 0 Å². The van der Waals surface area contributed by atoms with Crippen LogP contribution >= 0.6 is 15.9 Å². The van der Waals surface area contributed by atoms with Gasteiger partial charge in [-0.05, 0) is 36.4 Å². The third-order valence-corrected chi connectivity index (χ3v) is 4.68. The van der Waals surface area contributed by atoms with Crippen molar-refractivity contribution in [1.82, 2.24) is 4.72 Å². The van der Waals surface area contributed by atoms with Crippen LogP contribution in [0.2, 0.25) is 0 Å². The second-order valence-electron chi connectivity index (χ2n) is 4.28. The van der Waals surface area contributed by atoms with Gasteiger partial charge in [0, 0.05) is 17.1 Å². The summed E-state index contributed by atoms with van der Waals surface area (Å²) < 4.78 is 57.9. The van der Waals surface area contributed by atoms with Gasteiger partial charge in [0.1, 0.15) is 12.4 Å². The fraction of sp³-hybridized carbons (Fsp3) is 0.143. The highest BCUT2D eigenvalue weighted by molar-refractivity contribution is 9.10. The van der Waals surface area contributed by atoms with Gasteiger partial charge in [0.15, 0.2) is 11.6 Å². The Bertz CT molecular complexity index is 751. The van der Waals surface area contributed by atoms with Crippen molar-refractivity contribution in [2.75, 3.05) is 13.2 Å². The van der Waals surface area contributed by atoms with E-state index in [2.05, 4.69) is 20.7 Å². The van der Waals surface area contributed by atoms with E-state index in [0.717, 1.165) is 16.6 Å². The van der Waals surface area contributed by atoms with Crippen LogP contribution in [0.25, 0.3) is 0 Å². The molecular formula is C14H12BrF2NO3S. The van der Waals surface area contributed by atoms with Gasteiger partial charge in [-0.25, -0.2) is 21.9 Å². The van der Waals surface area contributed by atoms with Crippen molar-refractivity contribution < 1.29 is 21.9 Å². The summed E-state index contributed by atoms with van der Waals surface area (Å²) in [6.07, 6.45) is 0. The highest BCUT2D eigenvalue weighted by atomic mass is 79.9. The third kappa shape index (κ3) is 4.49. The van der Waals surface area contributed by atoms with Crippen molar-refractivity contribution in [1.29, 1.82) is 0 Å². The molecule has 0 heterocycles. The minimum Gasteiger partial charge on any atom is -0.492 e. The van der Waals surface area contributed by atoms with Crippen LogP contribution in [0.5, 0.6) is 5.75 Å². The van der Waals surface area contributed by atoms with E-state index < -0.39 is 21.7 Å². The Kier molecular flexibility index (Phi) is 5.49. The molecule has 0 atom stereocenters. The molecule has 0 spiro atoms. The molecule has 0 aliphatic rings. The predicted molar refractivity (Wildman–Crippen MR) is 81.2 cm³/mol. The molecule has 22 heavy (non-hydrogen) atoms. The van der Waals surface area contributed by atoms with Crippen molar-refractivity contribution >= 4 is 26.0 Å². The second kappa shape index (κ2) is 7.17. The van der Waals surface area contributed by atoms with Gasteiger partial charge in [0.2, 0.25) is 10.0 Å². The number of halogens is 3. The molecule has 0 radical (unpaired) electrons. The maximum atomic E-state index is 13.0. The minimum absolute atomic E-state index is 0.00259. The molecule has 118 valence electrons. The van der Waals surface area contributed by atoms with Crippen LogP contribution < -0.4 is 9.46 Å². The zero-order valence-electron chi connectivity index (χ0n) is 11.2. The summed E-state index contributed by atoms with van der Waals surface area (Å²) in [5.74, 6) is -1.86. The lowest BCUT2D eigenvalue weighted by atomic mass is 10.3. The Morgan fingerprint density at radius 2 is 1.73 bits per heavy atom. The number of nitrogens with one attached hydrogen (secondary N) is 1. The summed E-state index contributed by atoms with van der Waals surface area (Å²) in [6, 6.07) is 9.26. The van der Waals surface area contributed by atoms with Crippen LogP contribution in [0.15, 0.2) is 51.8 Å². The molecule has 0 fully saturated rings. The molecule has 8 heteroatoms. The average molecular weight is 392 g/mol. The number of hydrogen-bond acceptors (Lipinski definition) is 3. The standard InChI is InChI=1S/C14H12BrF2NO3S/c15-10-1-4-12(5-2-10)22(19,20)18-7-8-21-11-3-6-13(16)14(17)9-11/h1-6,9,18H,7-8H2. The molecular weight excluding hydrogens is 380 g/mol. The van der Waals surface area contributed by atoms with Gasteiger partial charge in [0.25, 0.3) is 0 Å². The molecule has 0 bridgehead atoms. The van der Waals surface area contributed by atoms with Gasteiger partial charge in [-0.15, -0.1) is 0 Å². The summed E-state index contributed by atoms with van der Waals surface area (Å²) in [6.45, 7) is -0.0157. The number of ether oxygens (including phenoxy) is 1. The van der Waals surface area contributed by atoms with E-state index in [9.17, 15) is 17.2 Å². The molecule has 0 saturated heterocycles. The third-order valence-electron chi connectivity index (χ3n) is 2.68. The lowest BCUT2D eigenvalue weighted by Crippen LogP contribution is -2.28. The van der Waals surface area contributed by atoms with Crippen molar-refractivity contribution in [3.05, 3.63) is 58.6 Å². The fourth-order valence-electron chi connectivity index (χ4n) is 1.61. The number of benzene rings is 2. The summed E-state index contributed by atoms with van der Waals surface area (Å²) >= 11 is 3.22. The highest BCUT2D eigenvalue weighted by Crippen LogP contribution is 2.16. The molecule has 0 aliphatic heterocycles. The molecule has 0 aliphatic carbocycles. The first kappa shape index (κ1) is 16.9. The van der Waals surface area contributed by atoms with Crippen molar-refractivity contribution in [2.24, 2.45) is 0 Å². The van der Waals surface area contributed by atoms with E-state index in [1.54, 1.807) is 12.1 Å². The molecule has 2 aromatic carbocycles. The zero-order chi connectivity index (χ0) is 16.2. The molecule has 2 rings (SSSR count). The monoisotopic (exact) mass is 391 g/mol. The maximum absolute atomic E-state index is 13.0. The second-order valence-corrected chi connectivity index (χ2v) is 6.96. The fourth-order valence-corrected chi connectivity index (χ4v) is 2.89. The Morgan fingerprint density at radius 1 is 1.05 bits per heavy atom. The van der Waals surface area contributed by atoms with Crippen LogP contribution in [0, 0.1) is 11.6 Å². The van der Waals surface area contributed by atoms with Crippen molar-refractivity contribution in [2.45, 2.75) is 4.90 Å². The van der Waals surface area contributed by atoms with Gasteiger partial charge in [-0.1, -0.05) is 15.9 Å². The highest BCUT2D eigenvalue weighted by Gasteiger charge is 2.13. The van der Waals surface area contributed by atoms with Crippen LogP contribution in [0.3, 0.4) is 0 Å². The average Bonchev–Trinajstić information content (AvgIpc) is 2.48. The smallest absolute Gasteiger partial charge is 0.240 e. The summed E-state index contributed by atoms with van der Waals surface area (Å²) in [5.41, 5.74) is 0. The summed E-state index contributed by atoms with van der Waals surface area (Å²) in [5, 5.41) is 0. The normalized spacial score (nSPS) is 11.4. The van der Waals surface area contributed by atoms with Crippen LogP contribution in [-0.4, -0.2) is 21.6 Å². The van der Waals surface area contributed by atoms with Crippen molar-refractivity contribution in [3.63, 3.8) is 0 Å². The topological polar surface area (TPSA) is 55.4 Å². The Balaban J connectivity index is 1.87. The lowest BCUT2D eigenvalue weighted by Gasteiger charge is -2.09. The SMILES string of the molecule is O=S(=O)(NCCOc1ccc(F)c(F)c1)c1ccc(Br)cc1.